The van der Waals surface area contributed by atoms with Crippen molar-refractivity contribution in [3.63, 3.8) is 0 Å². The van der Waals surface area contributed by atoms with Gasteiger partial charge in [0.05, 0.1) is 41.3 Å². The van der Waals surface area contributed by atoms with Crippen LogP contribution in [-0.4, -0.2) is 52.2 Å². The topological polar surface area (TPSA) is 121 Å². The van der Waals surface area contributed by atoms with Gasteiger partial charge < -0.3 is 9.84 Å². The largest absolute Gasteiger partial charge is 0.489 e. The van der Waals surface area contributed by atoms with Crippen LogP contribution in [0.25, 0.3) is 11.4 Å². The first-order valence-corrected chi connectivity index (χ1v) is 11.1. The van der Waals surface area contributed by atoms with Crippen molar-refractivity contribution in [2.24, 2.45) is 13.0 Å². The Hall–Kier alpha value is -3.30. The Morgan fingerprint density at radius 1 is 1.25 bits per heavy atom. The second-order valence-corrected chi connectivity index (χ2v) is 8.39. The summed E-state index contributed by atoms with van der Waals surface area (Å²) < 4.78 is 9.64. The first-order chi connectivity index (χ1) is 15.4. The van der Waals surface area contributed by atoms with Gasteiger partial charge in [-0.3, -0.25) is 4.79 Å². The van der Waals surface area contributed by atoms with E-state index in [0.29, 0.717) is 36.5 Å². The van der Waals surface area contributed by atoms with Gasteiger partial charge in [-0.2, -0.15) is 0 Å². The number of carboxylic acids is 1. The summed E-state index contributed by atoms with van der Waals surface area (Å²) in [6.45, 7) is 4.50. The van der Waals surface area contributed by atoms with Gasteiger partial charge in [0.2, 0.25) is 0 Å². The maximum atomic E-state index is 11.3. The normalized spacial score (nSPS) is 18.6. The molecule has 3 aromatic rings. The molecule has 1 aliphatic rings. The highest BCUT2D eigenvalue weighted by Crippen LogP contribution is 2.30. The Morgan fingerprint density at radius 3 is 2.84 bits per heavy atom. The van der Waals surface area contributed by atoms with Crippen LogP contribution < -0.4 is 4.74 Å². The van der Waals surface area contributed by atoms with Crippen molar-refractivity contribution in [2.45, 2.75) is 65.0 Å². The second kappa shape index (κ2) is 9.46. The first-order valence-electron chi connectivity index (χ1n) is 11.1. The highest BCUT2D eigenvalue weighted by Gasteiger charge is 2.28. The summed E-state index contributed by atoms with van der Waals surface area (Å²) in [7, 11) is 1.85. The number of carboxylic acid groups (broad SMARTS) is 1. The van der Waals surface area contributed by atoms with Crippen LogP contribution in [0.3, 0.4) is 0 Å². The molecule has 3 aromatic heterocycles. The smallest absolute Gasteiger partial charge is 0.306 e. The lowest BCUT2D eigenvalue weighted by Crippen LogP contribution is -2.29. The average Bonchev–Trinajstić information content (AvgIpc) is 3.37. The van der Waals surface area contributed by atoms with E-state index in [4.69, 9.17) is 9.72 Å². The SMILES string of the molecule is CCCc1cn(Cc2c(-c3ccc(O[C@H]4CCC[C@H](C(=O)O)C4)c(C)n3)nnn2C)nn1. The second-order valence-electron chi connectivity index (χ2n) is 8.39. The number of carbonyl (C=O) groups is 1. The number of aliphatic carboxylic acids is 1. The van der Waals surface area contributed by atoms with Gasteiger partial charge in [-0.1, -0.05) is 23.8 Å². The molecule has 170 valence electrons. The van der Waals surface area contributed by atoms with Gasteiger partial charge in [0, 0.05) is 13.2 Å². The van der Waals surface area contributed by atoms with Crippen molar-refractivity contribution in [3.8, 4) is 17.1 Å². The number of pyridine rings is 1. The van der Waals surface area contributed by atoms with Crippen LogP contribution in [0.15, 0.2) is 18.3 Å². The summed E-state index contributed by atoms with van der Waals surface area (Å²) in [5.74, 6) is -0.401. The van der Waals surface area contributed by atoms with E-state index in [2.05, 4.69) is 27.5 Å². The molecule has 0 bridgehead atoms. The molecule has 1 saturated carbocycles. The summed E-state index contributed by atoms with van der Waals surface area (Å²) in [5.41, 5.74) is 3.99. The molecule has 0 spiro atoms. The van der Waals surface area contributed by atoms with Crippen molar-refractivity contribution in [3.05, 3.63) is 35.4 Å². The number of ether oxygens (including phenoxy) is 1. The Balaban J connectivity index is 1.51. The quantitative estimate of drug-likeness (QED) is 0.569. The Morgan fingerprint density at radius 2 is 2.09 bits per heavy atom. The monoisotopic (exact) mass is 439 g/mol. The van der Waals surface area contributed by atoms with Gasteiger partial charge in [0.1, 0.15) is 11.4 Å². The maximum Gasteiger partial charge on any atom is 0.306 e. The minimum absolute atomic E-state index is 0.104. The molecular formula is C22H29N7O3. The van der Waals surface area contributed by atoms with Crippen molar-refractivity contribution >= 4 is 5.97 Å². The third kappa shape index (κ3) is 4.79. The maximum absolute atomic E-state index is 11.3. The third-order valence-electron chi connectivity index (χ3n) is 5.90. The van der Waals surface area contributed by atoms with E-state index in [9.17, 15) is 9.90 Å². The zero-order chi connectivity index (χ0) is 22.7. The van der Waals surface area contributed by atoms with Crippen LogP contribution in [0.2, 0.25) is 0 Å². The summed E-state index contributed by atoms with van der Waals surface area (Å²) >= 11 is 0. The molecule has 0 aliphatic heterocycles. The van der Waals surface area contributed by atoms with E-state index in [1.807, 2.05) is 32.3 Å². The molecule has 32 heavy (non-hydrogen) atoms. The minimum Gasteiger partial charge on any atom is -0.489 e. The molecule has 0 amide bonds. The van der Waals surface area contributed by atoms with Crippen LogP contribution in [0.4, 0.5) is 0 Å². The lowest BCUT2D eigenvalue weighted by molar-refractivity contribution is -0.143. The van der Waals surface area contributed by atoms with Gasteiger partial charge in [-0.05, 0) is 51.2 Å². The highest BCUT2D eigenvalue weighted by atomic mass is 16.5. The fraction of sp³-hybridized carbons (Fsp3) is 0.545. The fourth-order valence-electron chi connectivity index (χ4n) is 4.15. The van der Waals surface area contributed by atoms with Crippen molar-refractivity contribution in [1.29, 1.82) is 0 Å². The summed E-state index contributed by atoms with van der Waals surface area (Å²) in [4.78, 5) is 16.0. The standard InChI is InChI=1S/C22H29N7O3/c1-4-6-16-12-29(27-24-16)13-19-21(25-26-28(19)3)18-9-10-20(14(2)23-18)32-17-8-5-7-15(11-17)22(30)31/h9-10,12,15,17H,4-8,11,13H2,1-3H3,(H,30,31)/t15-,17-/m0/s1. The van der Waals surface area contributed by atoms with Gasteiger partial charge in [-0.15, -0.1) is 10.2 Å². The lowest BCUT2D eigenvalue weighted by atomic mass is 9.87. The lowest BCUT2D eigenvalue weighted by Gasteiger charge is -2.27. The number of hydrogen-bond donors (Lipinski definition) is 1. The summed E-state index contributed by atoms with van der Waals surface area (Å²) in [6, 6.07) is 3.76. The highest BCUT2D eigenvalue weighted by molar-refractivity contribution is 5.70. The summed E-state index contributed by atoms with van der Waals surface area (Å²) in [6.07, 6.45) is 6.72. The molecule has 10 heteroatoms. The van der Waals surface area contributed by atoms with Crippen LogP contribution in [0, 0.1) is 12.8 Å². The third-order valence-corrected chi connectivity index (χ3v) is 5.90. The predicted molar refractivity (Wildman–Crippen MR) is 116 cm³/mol. The van der Waals surface area contributed by atoms with Crippen LogP contribution in [0.5, 0.6) is 5.75 Å². The van der Waals surface area contributed by atoms with Crippen LogP contribution in [0.1, 0.15) is 56.1 Å². The van der Waals surface area contributed by atoms with Crippen molar-refractivity contribution in [2.75, 3.05) is 0 Å². The number of aryl methyl sites for hydroxylation is 3. The molecule has 1 N–H and O–H groups in total. The first kappa shape index (κ1) is 21.9. The number of nitrogens with zero attached hydrogens (tertiary/aromatic N) is 7. The molecule has 0 aromatic carbocycles. The van der Waals surface area contributed by atoms with Crippen molar-refractivity contribution in [1.82, 2.24) is 35.0 Å². The predicted octanol–water partition coefficient (Wildman–Crippen LogP) is 2.80. The van der Waals surface area contributed by atoms with E-state index >= 15 is 0 Å². The van der Waals surface area contributed by atoms with E-state index in [0.717, 1.165) is 42.8 Å². The van der Waals surface area contributed by atoms with E-state index < -0.39 is 5.97 Å². The Kier molecular flexibility index (Phi) is 6.48. The molecule has 0 radical (unpaired) electrons. The molecule has 3 heterocycles. The van der Waals surface area contributed by atoms with E-state index in [1.165, 1.54) is 0 Å². The molecule has 10 nitrogen and oxygen atoms in total. The molecule has 0 unspecified atom stereocenters. The minimum atomic E-state index is -0.743. The van der Waals surface area contributed by atoms with Crippen molar-refractivity contribution < 1.29 is 14.6 Å². The van der Waals surface area contributed by atoms with Gasteiger partial charge in [-0.25, -0.2) is 14.3 Å². The van der Waals surface area contributed by atoms with Crippen LogP contribution >= 0.6 is 0 Å². The average molecular weight is 440 g/mol. The van der Waals surface area contributed by atoms with E-state index in [-0.39, 0.29) is 12.0 Å². The zero-order valence-corrected chi connectivity index (χ0v) is 18.7. The molecule has 2 atom stereocenters. The number of rotatable bonds is 8. The van der Waals surface area contributed by atoms with Gasteiger partial charge in [0.25, 0.3) is 0 Å². The zero-order valence-electron chi connectivity index (χ0n) is 18.7. The van der Waals surface area contributed by atoms with Gasteiger partial charge >= 0.3 is 5.97 Å². The molecule has 4 rings (SSSR count). The molecule has 1 fully saturated rings. The molecule has 0 saturated heterocycles. The fourth-order valence-corrected chi connectivity index (χ4v) is 4.15. The summed E-state index contributed by atoms with van der Waals surface area (Å²) in [5, 5.41) is 26.2. The molecular weight excluding hydrogens is 410 g/mol. The molecule has 1 aliphatic carbocycles. The van der Waals surface area contributed by atoms with E-state index in [1.54, 1.807) is 9.36 Å². The number of hydrogen-bond acceptors (Lipinski definition) is 7. The number of aromatic nitrogens is 7. The Bertz CT molecular complexity index is 1090. The van der Waals surface area contributed by atoms with Crippen LogP contribution in [-0.2, 0) is 24.8 Å². The van der Waals surface area contributed by atoms with Gasteiger partial charge in [0.15, 0.2) is 0 Å². The Labute approximate surface area is 186 Å².